The molecular weight excluding hydrogens is 407 g/mol. The Hall–Kier alpha value is -1.64. The molecule has 0 radical (unpaired) electrons. The molecule has 6 nitrogen and oxygen atoms in total. The van der Waals surface area contributed by atoms with Gasteiger partial charge in [0, 0.05) is 9.26 Å². The van der Waals surface area contributed by atoms with Crippen LogP contribution in [0.2, 0.25) is 0 Å². The normalized spacial score (nSPS) is 15.2. The Morgan fingerprint density at radius 3 is 2.39 bits per heavy atom. The number of aromatic nitrogens is 3. The molecule has 0 atom stereocenters. The highest BCUT2D eigenvalue weighted by Gasteiger charge is 2.17. The summed E-state index contributed by atoms with van der Waals surface area (Å²) in [5, 5.41) is 3.16. The average Bonchev–Trinajstić information content (AvgIpc) is 2.57. The van der Waals surface area contributed by atoms with Crippen molar-refractivity contribution in [3.05, 3.63) is 27.8 Å². The van der Waals surface area contributed by atoms with Crippen LogP contribution in [0.3, 0.4) is 0 Å². The molecule has 7 heteroatoms. The van der Waals surface area contributed by atoms with E-state index in [2.05, 4.69) is 42.9 Å². The second-order valence-electron chi connectivity index (χ2n) is 5.44. The highest BCUT2D eigenvalue weighted by Crippen LogP contribution is 2.23. The van der Waals surface area contributed by atoms with Gasteiger partial charge in [0.25, 0.3) is 0 Å². The summed E-state index contributed by atoms with van der Waals surface area (Å²) < 4.78 is 12.2. The lowest BCUT2D eigenvalue weighted by atomic mass is 9.98. The van der Waals surface area contributed by atoms with Crippen LogP contribution < -0.4 is 14.8 Å². The van der Waals surface area contributed by atoms with Gasteiger partial charge in [-0.05, 0) is 72.5 Å². The molecule has 1 saturated carbocycles. The van der Waals surface area contributed by atoms with E-state index < -0.39 is 0 Å². The molecule has 2 aromatic rings. The summed E-state index contributed by atoms with van der Waals surface area (Å²) in [5.41, 5.74) is 0.905. The number of hydrogen-bond acceptors (Lipinski definition) is 6. The first-order valence-electron chi connectivity index (χ1n) is 7.72. The topological polar surface area (TPSA) is 69.2 Å². The van der Waals surface area contributed by atoms with Crippen LogP contribution in [0.5, 0.6) is 12.0 Å². The molecule has 3 rings (SSSR count). The molecule has 1 aromatic heterocycles. The van der Waals surface area contributed by atoms with Crippen LogP contribution in [-0.2, 0) is 0 Å². The molecular formula is C16H19IN4O2. The van der Waals surface area contributed by atoms with Crippen LogP contribution in [0.25, 0.3) is 0 Å². The zero-order valence-electron chi connectivity index (χ0n) is 13.0. The van der Waals surface area contributed by atoms with Crippen molar-refractivity contribution in [3.8, 4) is 12.0 Å². The number of ether oxygens (including phenoxy) is 2. The van der Waals surface area contributed by atoms with Crippen molar-refractivity contribution < 1.29 is 9.47 Å². The monoisotopic (exact) mass is 426 g/mol. The first-order valence-corrected chi connectivity index (χ1v) is 8.80. The molecule has 1 aliphatic carbocycles. The van der Waals surface area contributed by atoms with Gasteiger partial charge < -0.3 is 14.8 Å². The fourth-order valence-electron chi connectivity index (χ4n) is 2.53. The first-order chi connectivity index (χ1) is 11.2. The number of anilines is 2. The molecule has 1 aromatic carbocycles. The molecule has 0 amide bonds. The Balaban J connectivity index is 1.76. The van der Waals surface area contributed by atoms with Crippen LogP contribution in [0.4, 0.5) is 11.6 Å². The summed E-state index contributed by atoms with van der Waals surface area (Å²) >= 11 is 2.27. The Kier molecular flexibility index (Phi) is 5.47. The maximum absolute atomic E-state index is 5.91. The van der Waals surface area contributed by atoms with E-state index in [1.54, 1.807) is 0 Å². The summed E-state index contributed by atoms with van der Waals surface area (Å²) in [5.74, 6) is 0.420. The molecule has 0 spiro atoms. The maximum Gasteiger partial charge on any atom is 0.324 e. The van der Waals surface area contributed by atoms with Gasteiger partial charge in [0.15, 0.2) is 0 Å². The molecule has 1 heterocycles. The van der Waals surface area contributed by atoms with Crippen LogP contribution in [0, 0.1) is 3.57 Å². The van der Waals surface area contributed by atoms with Crippen molar-refractivity contribution in [2.24, 2.45) is 0 Å². The van der Waals surface area contributed by atoms with Crippen molar-refractivity contribution in [2.45, 2.75) is 38.2 Å². The number of nitrogens with one attached hydrogen (secondary N) is 1. The largest absolute Gasteiger partial charge is 0.467 e. The molecule has 0 bridgehead atoms. The van der Waals surface area contributed by atoms with Gasteiger partial charge in [0.2, 0.25) is 5.95 Å². The minimum absolute atomic E-state index is 0.182. The number of halogens is 1. The fourth-order valence-corrected chi connectivity index (χ4v) is 2.89. The van der Waals surface area contributed by atoms with Gasteiger partial charge in [-0.1, -0.05) is 6.42 Å². The number of benzene rings is 1. The SMILES string of the molecule is COc1nc(Nc2ccc(I)cc2)nc(OC2CCCCC2)n1. The predicted molar refractivity (Wildman–Crippen MR) is 96.3 cm³/mol. The zero-order chi connectivity index (χ0) is 16.1. The zero-order valence-corrected chi connectivity index (χ0v) is 15.1. The maximum atomic E-state index is 5.91. The molecule has 23 heavy (non-hydrogen) atoms. The third-order valence-electron chi connectivity index (χ3n) is 3.70. The van der Waals surface area contributed by atoms with Crippen molar-refractivity contribution >= 4 is 34.2 Å². The lowest BCUT2D eigenvalue weighted by Crippen LogP contribution is -2.21. The minimum Gasteiger partial charge on any atom is -0.467 e. The van der Waals surface area contributed by atoms with E-state index in [9.17, 15) is 0 Å². The molecule has 1 fully saturated rings. The van der Waals surface area contributed by atoms with Gasteiger partial charge in [-0.3, -0.25) is 0 Å². The van der Waals surface area contributed by atoms with Gasteiger partial charge in [-0.15, -0.1) is 4.98 Å². The Bertz CT molecular complexity index is 645. The lowest BCUT2D eigenvalue weighted by molar-refractivity contribution is 0.140. The second-order valence-corrected chi connectivity index (χ2v) is 6.68. The highest BCUT2D eigenvalue weighted by atomic mass is 127. The summed E-state index contributed by atoms with van der Waals surface area (Å²) in [6.07, 6.45) is 5.95. The Morgan fingerprint density at radius 2 is 1.70 bits per heavy atom. The van der Waals surface area contributed by atoms with E-state index in [-0.39, 0.29) is 12.1 Å². The number of methoxy groups -OCH3 is 1. The van der Waals surface area contributed by atoms with E-state index in [1.165, 1.54) is 29.9 Å². The first kappa shape index (κ1) is 16.2. The second kappa shape index (κ2) is 7.76. The van der Waals surface area contributed by atoms with Gasteiger partial charge in [-0.25, -0.2) is 0 Å². The van der Waals surface area contributed by atoms with Crippen molar-refractivity contribution in [3.63, 3.8) is 0 Å². The van der Waals surface area contributed by atoms with Crippen LogP contribution >= 0.6 is 22.6 Å². The van der Waals surface area contributed by atoms with Gasteiger partial charge in [-0.2, -0.15) is 9.97 Å². The van der Waals surface area contributed by atoms with E-state index >= 15 is 0 Å². The average molecular weight is 426 g/mol. The van der Waals surface area contributed by atoms with E-state index in [1.807, 2.05) is 24.3 Å². The standard InChI is InChI=1S/C16H19IN4O2/c1-22-15-19-14(18-12-9-7-11(17)8-10-12)20-16(21-15)23-13-5-3-2-4-6-13/h7-10,13H,2-6H2,1H3,(H,18,19,20,21). The summed E-state index contributed by atoms with van der Waals surface area (Å²) in [6, 6.07) is 8.54. The van der Waals surface area contributed by atoms with E-state index in [0.717, 1.165) is 18.5 Å². The quantitative estimate of drug-likeness (QED) is 0.731. The molecule has 0 unspecified atom stereocenters. The highest BCUT2D eigenvalue weighted by molar-refractivity contribution is 14.1. The Labute approximate surface area is 149 Å². The summed E-state index contributed by atoms with van der Waals surface area (Å²) in [6.45, 7) is 0. The summed E-state index contributed by atoms with van der Waals surface area (Å²) in [4.78, 5) is 12.8. The predicted octanol–water partition coefficient (Wildman–Crippen LogP) is 3.94. The van der Waals surface area contributed by atoms with Crippen LogP contribution in [0.1, 0.15) is 32.1 Å². The van der Waals surface area contributed by atoms with E-state index in [4.69, 9.17) is 9.47 Å². The smallest absolute Gasteiger partial charge is 0.324 e. The van der Waals surface area contributed by atoms with Crippen molar-refractivity contribution in [2.75, 3.05) is 12.4 Å². The minimum atomic E-state index is 0.182. The molecule has 0 aliphatic heterocycles. The van der Waals surface area contributed by atoms with Gasteiger partial charge in [0.05, 0.1) is 7.11 Å². The van der Waals surface area contributed by atoms with Crippen LogP contribution in [0.15, 0.2) is 24.3 Å². The molecule has 1 aliphatic rings. The number of nitrogens with zero attached hydrogens (tertiary/aromatic N) is 3. The van der Waals surface area contributed by atoms with Crippen molar-refractivity contribution in [1.29, 1.82) is 0 Å². The van der Waals surface area contributed by atoms with Crippen molar-refractivity contribution in [1.82, 2.24) is 15.0 Å². The Morgan fingerprint density at radius 1 is 1.00 bits per heavy atom. The third-order valence-corrected chi connectivity index (χ3v) is 4.42. The number of rotatable bonds is 5. The van der Waals surface area contributed by atoms with Gasteiger partial charge >= 0.3 is 12.0 Å². The molecule has 122 valence electrons. The van der Waals surface area contributed by atoms with E-state index in [0.29, 0.717) is 12.0 Å². The lowest BCUT2D eigenvalue weighted by Gasteiger charge is -2.21. The number of hydrogen-bond donors (Lipinski definition) is 1. The molecule has 0 saturated heterocycles. The van der Waals surface area contributed by atoms with Crippen LogP contribution in [-0.4, -0.2) is 28.2 Å². The third kappa shape index (κ3) is 4.66. The summed E-state index contributed by atoms with van der Waals surface area (Å²) in [7, 11) is 1.54. The van der Waals surface area contributed by atoms with Gasteiger partial charge in [0.1, 0.15) is 6.10 Å². The fraction of sp³-hybridized carbons (Fsp3) is 0.438. The molecule has 1 N–H and O–H groups in total.